The van der Waals surface area contributed by atoms with E-state index in [2.05, 4.69) is 116 Å². The third-order valence-electron chi connectivity index (χ3n) is 11.2. The summed E-state index contributed by atoms with van der Waals surface area (Å²) in [7, 11) is -2.87. The molecule has 3 aromatic carbocycles. The molecule has 4 aliphatic rings. The molecule has 244 valence electrons. The second-order valence-electron chi connectivity index (χ2n) is 16.4. The summed E-state index contributed by atoms with van der Waals surface area (Å²) in [5.74, 6) is 1.27. The molecular formula is C40H52N2O3Si. The maximum Gasteiger partial charge on any atom is 0.410 e. The molecule has 3 bridgehead atoms. The smallest absolute Gasteiger partial charge is 0.410 e. The standard InChI is InChI=1S/C40H52N2O3Si/c1-39(2,3)44-38(43)42-34-24-29-25-35(42)37(36(34)41(27-29)26-28-20-22-31(23-21-28)30-14-13-15-30)45-46(40(4,5)6,32-16-9-7-10-17-32)33-18-11-8-12-19-33/h7-12,16-23,29-30,34-37H,13-15,24-27H2,1-6H3/t29?,34?,35?,36?,37-/m0/s1. The predicted molar refractivity (Wildman–Crippen MR) is 188 cm³/mol. The van der Waals surface area contributed by atoms with Crippen LogP contribution < -0.4 is 10.4 Å². The molecule has 0 spiro atoms. The summed E-state index contributed by atoms with van der Waals surface area (Å²) < 4.78 is 14.1. The zero-order valence-corrected chi connectivity index (χ0v) is 29.6. The summed E-state index contributed by atoms with van der Waals surface area (Å²) in [6.45, 7) is 14.9. The van der Waals surface area contributed by atoms with Gasteiger partial charge in [-0.15, -0.1) is 0 Å². The number of piperidine rings is 2. The molecule has 3 heterocycles. The molecule has 3 saturated heterocycles. The Balaban J connectivity index is 1.31. The molecular weight excluding hydrogens is 585 g/mol. The molecule has 1 saturated carbocycles. The number of ether oxygens (including phenoxy) is 1. The average molecular weight is 637 g/mol. The Bertz CT molecular complexity index is 1470. The van der Waals surface area contributed by atoms with E-state index in [9.17, 15) is 4.79 Å². The Morgan fingerprint density at radius 1 is 0.804 bits per heavy atom. The number of likely N-dealkylation sites (tertiary alicyclic amines) is 1. The molecule has 7 rings (SSSR count). The lowest BCUT2D eigenvalue weighted by Gasteiger charge is -2.47. The third kappa shape index (κ3) is 5.65. The Morgan fingerprint density at radius 3 is 1.91 bits per heavy atom. The quantitative estimate of drug-likeness (QED) is 0.252. The van der Waals surface area contributed by atoms with Gasteiger partial charge in [-0.2, -0.15) is 0 Å². The van der Waals surface area contributed by atoms with Crippen LogP contribution in [0.25, 0.3) is 0 Å². The largest absolute Gasteiger partial charge is 0.444 e. The number of hydrogen-bond donors (Lipinski definition) is 0. The lowest BCUT2D eigenvalue weighted by atomic mass is 9.80. The summed E-state index contributed by atoms with van der Waals surface area (Å²) in [5, 5.41) is 2.42. The highest BCUT2D eigenvalue weighted by Gasteiger charge is 2.64. The van der Waals surface area contributed by atoms with Gasteiger partial charge in [-0.3, -0.25) is 9.80 Å². The molecule has 5 nitrogen and oxygen atoms in total. The number of amides is 1. The van der Waals surface area contributed by atoms with Crippen molar-refractivity contribution in [2.75, 3.05) is 6.54 Å². The predicted octanol–water partition coefficient (Wildman–Crippen LogP) is 7.48. The van der Waals surface area contributed by atoms with Crippen molar-refractivity contribution in [3.63, 3.8) is 0 Å². The molecule has 0 radical (unpaired) electrons. The maximum atomic E-state index is 14.0. The van der Waals surface area contributed by atoms with E-state index in [1.807, 2.05) is 20.8 Å². The van der Waals surface area contributed by atoms with Crippen molar-refractivity contribution >= 4 is 24.8 Å². The first-order valence-electron chi connectivity index (χ1n) is 17.6. The van der Waals surface area contributed by atoms with Gasteiger partial charge in [-0.25, -0.2) is 4.79 Å². The first-order chi connectivity index (χ1) is 21.9. The minimum atomic E-state index is -2.87. The molecule has 4 fully saturated rings. The Labute approximate surface area is 277 Å². The van der Waals surface area contributed by atoms with Crippen molar-refractivity contribution in [3.05, 3.63) is 96.1 Å². The fraction of sp³-hybridized carbons (Fsp3) is 0.525. The SMILES string of the molecule is CC(C)(C)OC(=O)N1C2CC3CC1[C@H](O[Si](c1ccccc1)(c1ccccc1)C(C)(C)C)C2N(Cc1ccc(C2CCC2)cc1)C3. The highest BCUT2D eigenvalue weighted by atomic mass is 28.4. The minimum Gasteiger partial charge on any atom is -0.444 e. The van der Waals surface area contributed by atoms with Gasteiger partial charge in [0.25, 0.3) is 8.32 Å². The van der Waals surface area contributed by atoms with E-state index in [0.29, 0.717) is 5.92 Å². The van der Waals surface area contributed by atoms with Crippen molar-refractivity contribution in [3.8, 4) is 0 Å². The van der Waals surface area contributed by atoms with Crippen molar-refractivity contribution in [2.24, 2.45) is 5.92 Å². The van der Waals surface area contributed by atoms with Crippen molar-refractivity contribution in [1.82, 2.24) is 9.80 Å². The molecule has 4 unspecified atom stereocenters. The molecule has 46 heavy (non-hydrogen) atoms. The number of hydrogen-bond acceptors (Lipinski definition) is 4. The molecule has 0 aromatic heterocycles. The van der Waals surface area contributed by atoms with Crippen LogP contribution in [0.1, 0.15) is 90.7 Å². The van der Waals surface area contributed by atoms with Gasteiger partial charge in [-0.1, -0.05) is 112 Å². The monoisotopic (exact) mass is 636 g/mol. The van der Waals surface area contributed by atoms with Gasteiger partial charge >= 0.3 is 6.09 Å². The highest BCUT2D eigenvalue weighted by Crippen LogP contribution is 2.50. The zero-order chi connectivity index (χ0) is 32.3. The van der Waals surface area contributed by atoms with E-state index in [4.69, 9.17) is 9.16 Å². The van der Waals surface area contributed by atoms with E-state index >= 15 is 0 Å². The van der Waals surface area contributed by atoms with Crippen LogP contribution in [0, 0.1) is 5.92 Å². The number of rotatable bonds is 7. The van der Waals surface area contributed by atoms with Crippen LogP contribution in [-0.2, 0) is 15.7 Å². The van der Waals surface area contributed by atoms with Gasteiger partial charge < -0.3 is 9.16 Å². The van der Waals surface area contributed by atoms with Crippen LogP contribution in [0.4, 0.5) is 4.79 Å². The summed E-state index contributed by atoms with van der Waals surface area (Å²) in [5.41, 5.74) is 2.28. The highest BCUT2D eigenvalue weighted by molar-refractivity contribution is 6.99. The van der Waals surface area contributed by atoms with Crippen molar-refractivity contribution < 1.29 is 14.0 Å². The van der Waals surface area contributed by atoms with E-state index in [1.165, 1.54) is 40.8 Å². The molecule has 5 atom stereocenters. The van der Waals surface area contributed by atoms with Gasteiger partial charge in [0.2, 0.25) is 0 Å². The van der Waals surface area contributed by atoms with E-state index in [-0.39, 0.29) is 35.4 Å². The fourth-order valence-electron chi connectivity index (χ4n) is 9.02. The second kappa shape index (κ2) is 11.9. The van der Waals surface area contributed by atoms with Crippen molar-refractivity contribution in [2.45, 2.75) is 121 Å². The topological polar surface area (TPSA) is 42.0 Å². The fourth-order valence-corrected chi connectivity index (χ4v) is 13.7. The summed E-state index contributed by atoms with van der Waals surface area (Å²) in [6.07, 6.45) is 5.65. The molecule has 3 aliphatic heterocycles. The normalized spacial score (nSPS) is 26.7. The third-order valence-corrected chi connectivity index (χ3v) is 16.2. The first kappa shape index (κ1) is 31.7. The number of carbonyl (C=O) groups is 1. The molecule has 1 aliphatic carbocycles. The molecule has 0 N–H and O–H groups in total. The minimum absolute atomic E-state index is 0.0174. The number of fused-ring (bicyclic) bond motifs is 2. The summed E-state index contributed by atoms with van der Waals surface area (Å²) in [4.78, 5) is 18.8. The zero-order valence-electron chi connectivity index (χ0n) is 28.6. The average Bonchev–Trinajstić information content (AvgIpc) is 3.10. The molecule has 6 heteroatoms. The summed E-state index contributed by atoms with van der Waals surface area (Å²) in [6, 6.07) is 31.5. The van der Waals surface area contributed by atoms with Gasteiger partial charge in [0.1, 0.15) is 5.60 Å². The van der Waals surface area contributed by atoms with Gasteiger partial charge in [0, 0.05) is 13.1 Å². The van der Waals surface area contributed by atoms with Gasteiger partial charge in [0.05, 0.1) is 24.2 Å². The first-order valence-corrected chi connectivity index (χ1v) is 19.5. The molecule has 1 amide bonds. The molecule has 3 aromatic rings. The van der Waals surface area contributed by atoms with Crippen LogP contribution >= 0.6 is 0 Å². The maximum absolute atomic E-state index is 14.0. The Morgan fingerprint density at radius 2 is 1.39 bits per heavy atom. The lowest BCUT2D eigenvalue weighted by Crippen LogP contribution is -2.69. The Hall–Kier alpha value is -2.93. The van der Waals surface area contributed by atoms with E-state index in [1.54, 1.807) is 0 Å². The van der Waals surface area contributed by atoms with E-state index < -0.39 is 13.9 Å². The van der Waals surface area contributed by atoms with Crippen LogP contribution in [0.15, 0.2) is 84.9 Å². The second-order valence-corrected chi connectivity index (χ2v) is 20.6. The van der Waals surface area contributed by atoms with Crippen LogP contribution in [0.2, 0.25) is 5.04 Å². The summed E-state index contributed by atoms with van der Waals surface area (Å²) >= 11 is 0. The van der Waals surface area contributed by atoms with Gasteiger partial charge in [0.15, 0.2) is 0 Å². The van der Waals surface area contributed by atoms with E-state index in [0.717, 1.165) is 31.8 Å². The number of benzene rings is 3. The van der Waals surface area contributed by atoms with Crippen LogP contribution in [-0.4, -0.2) is 60.6 Å². The van der Waals surface area contributed by atoms with Crippen LogP contribution in [0.5, 0.6) is 0 Å². The lowest BCUT2D eigenvalue weighted by molar-refractivity contribution is -0.0206. The van der Waals surface area contributed by atoms with Gasteiger partial charge in [-0.05, 0) is 84.8 Å². The number of nitrogens with zero attached hydrogens (tertiary/aromatic N) is 2. The Kier molecular flexibility index (Phi) is 8.22. The number of carbonyl (C=O) groups excluding carboxylic acids is 1. The van der Waals surface area contributed by atoms with Crippen LogP contribution in [0.3, 0.4) is 0 Å². The van der Waals surface area contributed by atoms with Crippen molar-refractivity contribution in [1.29, 1.82) is 0 Å².